The van der Waals surface area contributed by atoms with E-state index in [-0.39, 0.29) is 6.61 Å². The number of methoxy groups -OCH3 is 1. The minimum Gasteiger partial charge on any atom is -0.460 e. The van der Waals surface area contributed by atoms with Crippen LogP contribution in [-0.2, 0) is 14.2 Å². The first-order valence-electron chi connectivity index (χ1n) is 10.3. The van der Waals surface area contributed by atoms with Crippen molar-refractivity contribution >= 4 is 23.8 Å². The highest BCUT2D eigenvalue weighted by atomic mass is 16.6. The van der Waals surface area contributed by atoms with E-state index in [1.54, 1.807) is 19.2 Å². The maximum Gasteiger partial charge on any atom is 0.338 e. The number of carbonyl (C=O) groups excluding carboxylic acids is 1. The molecule has 0 bridgehead atoms. The molecular weight excluding hydrogens is 406 g/mol. The van der Waals surface area contributed by atoms with Crippen molar-refractivity contribution < 1.29 is 23.7 Å². The van der Waals surface area contributed by atoms with Crippen molar-refractivity contribution in [2.24, 2.45) is 0 Å². The second kappa shape index (κ2) is 9.68. The Morgan fingerprint density at radius 1 is 0.938 bits per heavy atom. The lowest BCUT2D eigenvalue weighted by atomic mass is 9.89. The van der Waals surface area contributed by atoms with Crippen molar-refractivity contribution in [3.05, 3.63) is 87.8 Å². The molecule has 0 radical (unpaired) electrons. The fraction of sp³-hybridized carbons (Fsp3) is 0.192. The van der Waals surface area contributed by atoms with Crippen LogP contribution in [0.5, 0.6) is 11.5 Å². The van der Waals surface area contributed by atoms with Crippen LogP contribution in [0.2, 0.25) is 0 Å². The number of hydrogen-bond acceptors (Lipinski definition) is 6. The zero-order valence-corrected chi connectivity index (χ0v) is 17.9. The number of rotatable bonds is 8. The number of carbonyl (C=O) groups is 1. The Morgan fingerprint density at radius 2 is 1.75 bits per heavy atom. The molecule has 164 valence electrons. The Hall–Kier alpha value is -3.61. The summed E-state index contributed by atoms with van der Waals surface area (Å²) in [6, 6.07) is 18.7. The Bertz CT molecular complexity index is 1250. The summed E-state index contributed by atoms with van der Waals surface area (Å²) >= 11 is 0. The SMILES string of the molecule is C=c1ccc2c(c1)Oc1cc(N)ccc1C=2c1ccccc1C(=O)OCCOCCOC. The van der Waals surface area contributed by atoms with E-state index in [0.717, 1.165) is 27.1 Å². The zero-order chi connectivity index (χ0) is 22.5. The fourth-order valence-corrected chi connectivity index (χ4v) is 3.64. The molecule has 3 aromatic rings. The molecule has 6 heteroatoms. The standard InChI is InChI=1S/C26H25NO5/c1-17-7-9-21-23(15-17)32-24-16-18(27)8-10-22(24)25(21)19-5-3-4-6-20(19)26(28)31-14-13-30-12-11-29-2/h3-10,15-16H,1,11-14,27H2,2H3. The summed E-state index contributed by atoms with van der Waals surface area (Å²) in [5.74, 6) is 0.885. The largest absolute Gasteiger partial charge is 0.460 e. The third-order valence-corrected chi connectivity index (χ3v) is 5.12. The number of hydrogen-bond donors (Lipinski definition) is 1. The number of benzene rings is 3. The van der Waals surface area contributed by atoms with Crippen LogP contribution in [0.15, 0.2) is 60.7 Å². The van der Waals surface area contributed by atoms with Gasteiger partial charge in [0.25, 0.3) is 0 Å². The van der Waals surface area contributed by atoms with E-state index in [1.807, 2.05) is 48.5 Å². The molecule has 0 amide bonds. The first kappa shape index (κ1) is 21.6. The number of nitrogen functional groups attached to an aromatic ring is 1. The summed E-state index contributed by atoms with van der Waals surface area (Å²) in [6.07, 6.45) is 0. The summed E-state index contributed by atoms with van der Waals surface area (Å²) in [5.41, 5.74) is 9.55. The number of nitrogens with two attached hydrogens (primary N) is 1. The van der Waals surface area contributed by atoms with E-state index < -0.39 is 5.97 Å². The Labute approximate surface area is 186 Å². The highest BCUT2D eigenvalue weighted by molar-refractivity contribution is 5.99. The predicted octanol–water partition coefficient (Wildman–Crippen LogP) is 2.85. The molecule has 0 aliphatic carbocycles. The highest BCUT2D eigenvalue weighted by Crippen LogP contribution is 2.38. The van der Waals surface area contributed by atoms with E-state index in [0.29, 0.717) is 42.6 Å². The lowest BCUT2D eigenvalue weighted by Gasteiger charge is -2.22. The van der Waals surface area contributed by atoms with E-state index in [4.69, 9.17) is 24.7 Å². The van der Waals surface area contributed by atoms with Crippen LogP contribution in [0, 0.1) is 0 Å². The second-order valence-corrected chi connectivity index (χ2v) is 7.35. The molecule has 0 fully saturated rings. The molecule has 6 nitrogen and oxygen atoms in total. The van der Waals surface area contributed by atoms with Crippen molar-refractivity contribution in [3.8, 4) is 11.5 Å². The van der Waals surface area contributed by atoms with Crippen LogP contribution >= 0.6 is 0 Å². The molecule has 32 heavy (non-hydrogen) atoms. The second-order valence-electron chi connectivity index (χ2n) is 7.35. The van der Waals surface area contributed by atoms with E-state index in [9.17, 15) is 4.79 Å². The van der Waals surface area contributed by atoms with Gasteiger partial charge in [0, 0.05) is 35.2 Å². The van der Waals surface area contributed by atoms with Gasteiger partial charge in [-0.25, -0.2) is 4.79 Å². The minimum atomic E-state index is -0.415. The number of anilines is 1. The zero-order valence-electron chi connectivity index (χ0n) is 17.9. The number of ether oxygens (including phenoxy) is 4. The first-order valence-corrected chi connectivity index (χ1v) is 10.3. The maximum absolute atomic E-state index is 13.0. The Morgan fingerprint density at radius 3 is 2.59 bits per heavy atom. The van der Waals surface area contributed by atoms with Gasteiger partial charge in [0.15, 0.2) is 0 Å². The van der Waals surface area contributed by atoms with E-state index in [1.165, 1.54) is 0 Å². The molecule has 0 spiro atoms. The fourth-order valence-electron chi connectivity index (χ4n) is 3.64. The maximum atomic E-state index is 13.0. The summed E-state index contributed by atoms with van der Waals surface area (Å²) in [6.45, 7) is 5.41. The van der Waals surface area contributed by atoms with Crippen molar-refractivity contribution in [2.45, 2.75) is 0 Å². The third-order valence-electron chi connectivity index (χ3n) is 5.12. The van der Waals surface area contributed by atoms with Crippen molar-refractivity contribution in [3.63, 3.8) is 0 Å². The van der Waals surface area contributed by atoms with Gasteiger partial charge in [0.05, 0.1) is 25.4 Å². The van der Waals surface area contributed by atoms with Crippen molar-refractivity contribution in [1.82, 2.24) is 0 Å². The van der Waals surface area contributed by atoms with Gasteiger partial charge < -0.3 is 24.7 Å². The Balaban J connectivity index is 1.74. The van der Waals surface area contributed by atoms with Crippen LogP contribution in [0.1, 0.15) is 21.5 Å². The molecule has 3 aromatic carbocycles. The molecule has 0 aromatic heterocycles. The summed E-state index contributed by atoms with van der Waals surface area (Å²) < 4.78 is 21.9. The quantitative estimate of drug-likeness (QED) is 0.263. The number of fused-ring (bicyclic) bond motifs is 2. The summed E-state index contributed by atoms with van der Waals surface area (Å²) in [5, 5.41) is 1.70. The molecule has 1 aliphatic rings. The van der Waals surface area contributed by atoms with Gasteiger partial charge in [-0.05, 0) is 35.0 Å². The third kappa shape index (κ3) is 4.51. The van der Waals surface area contributed by atoms with Crippen LogP contribution in [-0.4, -0.2) is 39.5 Å². The van der Waals surface area contributed by atoms with Gasteiger partial charge in [-0.3, -0.25) is 0 Å². The van der Waals surface area contributed by atoms with Crippen LogP contribution in [0.3, 0.4) is 0 Å². The predicted molar refractivity (Wildman–Crippen MR) is 123 cm³/mol. The van der Waals surface area contributed by atoms with E-state index >= 15 is 0 Å². The lowest BCUT2D eigenvalue weighted by molar-refractivity contribution is 0.0213. The Kier molecular flexibility index (Phi) is 6.54. The monoisotopic (exact) mass is 431 g/mol. The summed E-state index contributed by atoms with van der Waals surface area (Å²) in [7, 11) is 1.61. The number of esters is 1. The molecule has 4 rings (SSSR count). The molecule has 0 atom stereocenters. The topological polar surface area (TPSA) is 80.0 Å². The van der Waals surface area contributed by atoms with Gasteiger partial charge in [0.2, 0.25) is 0 Å². The van der Waals surface area contributed by atoms with Gasteiger partial charge in [-0.15, -0.1) is 0 Å². The van der Waals surface area contributed by atoms with Gasteiger partial charge in [-0.1, -0.05) is 36.9 Å². The smallest absolute Gasteiger partial charge is 0.338 e. The van der Waals surface area contributed by atoms with Gasteiger partial charge in [-0.2, -0.15) is 0 Å². The van der Waals surface area contributed by atoms with E-state index in [2.05, 4.69) is 6.58 Å². The van der Waals surface area contributed by atoms with Crippen LogP contribution < -0.4 is 20.9 Å². The van der Waals surface area contributed by atoms with Gasteiger partial charge in [0.1, 0.15) is 18.1 Å². The summed E-state index contributed by atoms with van der Waals surface area (Å²) in [4.78, 5) is 13.0. The molecular formula is C26H25NO5. The normalized spacial score (nSPS) is 12.0. The highest BCUT2D eigenvalue weighted by Gasteiger charge is 2.24. The average Bonchev–Trinajstić information content (AvgIpc) is 2.79. The average molecular weight is 431 g/mol. The molecule has 2 N–H and O–H groups in total. The first-order chi connectivity index (χ1) is 15.6. The minimum absolute atomic E-state index is 0.157. The molecule has 1 aliphatic heterocycles. The molecule has 0 saturated heterocycles. The van der Waals surface area contributed by atoms with Crippen LogP contribution in [0.25, 0.3) is 12.2 Å². The molecule has 1 heterocycles. The molecule has 0 unspecified atom stereocenters. The lowest BCUT2D eigenvalue weighted by Crippen LogP contribution is -2.21. The van der Waals surface area contributed by atoms with Crippen molar-refractivity contribution in [2.75, 3.05) is 39.3 Å². The van der Waals surface area contributed by atoms with Crippen LogP contribution in [0.4, 0.5) is 5.69 Å². The van der Waals surface area contributed by atoms with Crippen molar-refractivity contribution in [1.29, 1.82) is 0 Å². The van der Waals surface area contributed by atoms with Gasteiger partial charge >= 0.3 is 5.97 Å². The molecule has 0 saturated carbocycles.